The lowest BCUT2D eigenvalue weighted by atomic mass is 9.93. The molecule has 0 aliphatic heterocycles. The molecule has 6 nitrogen and oxygen atoms in total. The van der Waals surface area contributed by atoms with Gasteiger partial charge in [-0.3, -0.25) is 14.4 Å². The zero-order valence-electron chi connectivity index (χ0n) is 17.7. The Balaban J connectivity index is 1.95. The Morgan fingerprint density at radius 1 is 0.967 bits per heavy atom. The molecule has 0 saturated carbocycles. The molecule has 2 rings (SSSR count). The van der Waals surface area contributed by atoms with E-state index in [9.17, 15) is 19.5 Å². The highest BCUT2D eigenvalue weighted by Crippen LogP contribution is 2.26. The second kappa shape index (κ2) is 12.0. The third kappa shape index (κ3) is 6.58. The van der Waals surface area contributed by atoms with Gasteiger partial charge in [0.05, 0.1) is 16.9 Å². The molecule has 0 radical (unpaired) electrons. The lowest BCUT2D eigenvalue weighted by molar-refractivity contribution is -0.132. The molecule has 0 unspecified atom stereocenters. The van der Waals surface area contributed by atoms with Crippen LogP contribution in [0.1, 0.15) is 81.5 Å². The third-order valence-corrected chi connectivity index (χ3v) is 5.31. The number of aliphatic hydroxyl groups excluding tert-OH is 1. The summed E-state index contributed by atoms with van der Waals surface area (Å²) in [7, 11) is 0. The minimum Gasteiger partial charge on any atom is -0.505 e. The fraction of sp³-hybridized carbons (Fsp3) is 0.458. The van der Waals surface area contributed by atoms with E-state index in [-0.39, 0.29) is 22.6 Å². The molecule has 4 N–H and O–H groups in total. The molecule has 0 aromatic heterocycles. The van der Waals surface area contributed by atoms with Crippen LogP contribution in [0.2, 0.25) is 0 Å². The van der Waals surface area contributed by atoms with Gasteiger partial charge in [-0.2, -0.15) is 0 Å². The van der Waals surface area contributed by atoms with E-state index < -0.39 is 17.5 Å². The van der Waals surface area contributed by atoms with Crippen molar-refractivity contribution < 1.29 is 19.5 Å². The predicted octanol–water partition coefficient (Wildman–Crippen LogP) is 4.97. The molecule has 1 aromatic rings. The number of rotatable bonds is 13. The maximum Gasteiger partial charge on any atom is 0.250 e. The summed E-state index contributed by atoms with van der Waals surface area (Å²) in [6, 6.07) is 6.54. The Morgan fingerprint density at radius 3 is 2.20 bits per heavy atom. The van der Waals surface area contributed by atoms with Gasteiger partial charge in [-0.05, 0) is 25.0 Å². The van der Waals surface area contributed by atoms with Gasteiger partial charge in [0.15, 0.2) is 0 Å². The minimum atomic E-state index is -0.683. The van der Waals surface area contributed by atoms with Gasteiger partial charge in [-0.25, -0.2) is 0 Å². The van der Waals surface area contributed by atoms with Crippen LogP contribution in [0.5, 0.6) is 0 Å². The standard InChI is InChI=1S/C24H32N2O4/c1-2-3-4-5-6-7-8-9-10-14-18-22(28)20(16-21(27)23(18)29)26-19-15-12-11-13-17(19)24(25)30/h11-13,15-16,26,28H,2-10,14H2,1H3,(H2,25,30). The Kier molecular flexibility index (Phi) is 9.32. The highest BCUT2D eigenvalue weighted by molar-refractivity contribution is 6.48. The topological polar surface area (TPSA) is 109 Å². The van der Waals surface area contributed by atoms with Crippen LogP contribution in [0, 0.1) is 0 Å². The summed E-state index contributed by atoms with van der Waals surface area (Å²) in [4.78, 5) is 36.0. The number of hydrogen-bond donors (Lipinski definition) is 3. The van der Waals surface area contributed by atoms with Gasteiger partial charge >= 0.3 is 0 Å². The van der Waals surface area contributed by atoms with Gasteiger partial charge < -0.3 is 16.2 Å². The highest BCUT2D eigenvalue weighted by atomic mass is 16.3. The van der Waals surface area contributed by atoms with Crippen molar-refractivity contribution in [3.63, 3.8) is 0 Å². The summed E-state index contributed by atoms with van der Waals surface area (Å²) >= 11 is 0. The molecule has 0 spiro atoms. The zero-order chi connectivity index (χ0) is 21.9. The van der Waals surface area contributed by atoms with E-state index in [0.717, 1.165) is 31.8 Å². The first-order valence-corrected chi connectivity index (χ1v) is 10.8. The number of nitrogens with two attached hydrogens (primary N) is 1. The van der Waals surface area contributed by atoms with Crippen molar-refractivity contribution in [2.45, 2.75) is 71.1 Å². The number of Topliss-reactive ketones (excluding diaryl/α,β-unsaturated/α-hetero) is 1. The molecular weight excluding hydrogens is 380 g/mol. The van der Waals surface area contributed by atoms with Crippen molar-refractivity contribution in [2.75, 3.05) is 5.32 Å². The van der Waals surface area contributed by atoms with Crippen LogP contribution in [0.25, 0.3) is 0 Å². The SMILES string of the molecule is CCCCCCCCCCCC1=C(O)C(Nc2ccccc2C(N)=O)=CC(=O)C1=O. The Labute approximate surface area is 178 Å². The molecule has 1 aliphatic carbocycles. The number of primary amides is 1. The largest absolute Gasteiger partial charge is 0.505 e. The normalized spacial score (nSPS) is 14.1. The zero-order valence-corrected chi connectivity index (χ0v) is 17.7. The molecule has 1 aliphatic rings. The van der Waals surface area contributed by atoms with Crippen LogP contribution >= 0.6 is 0 Å². The van der Waals surface area contributed by atoms with E-state index in [4.69, 9.17) is 5.73 Å². The Bertz CT molecular complexity index is 839. The number of ketones is 2. The Morgan fingerprint density at radius 2 is 1.57 bits per heavy atom. The van der Waals surface area contributed by atoms with Crippen LogP contribution in [-0.4, -0.2) is 22.6 Å². The van der Waals surface area contributed by atoms with Crippen LogP contribution in [0.15, 0.2) is 47.4 Å². The smallest absolute Gasteiger partial charge is 0.250 e. The average molecular weight is 413 g/mol. The third-order valence-electron chi connectivity index (χ3n) is 5.31. The van der Waals surface area contributed by atoms with E-state index in [0.29, 0.717) is 12.1 Å². The molecule has 0 bridgehead atoms. The molecule has 1 aromatic carbocycles. The van der Waals surface area contributed by atoms with Crippen LogP contribution in [-0.2, 0) is 9.59 Å². The number of carbonyl (C=O) groups excluding carboxylic acids is 3. The number of benzene rings is 1. The van der Waals surface area contributed by atoms with Crippen molar-refractivity contribution in [1.29, 1.82) is 0 Å². The van der Waals surface area contributed by atoms with E-state index in [2.05, 4.69) is 12.2 Å². The first-order valence-electron chi connectivity index (χ1n) is 10.8. The van der Waals surface area contributed by atoms with Crippen LogP contribution in [0.4, 0.5) is 5.69 Å². The van der Waals surface area contributed by atoms with E-state index in [1.807, 2.05) is 0 Å². The summed E-state index contributed by atoms with van der Waals surface area (Å²) in [5.41, 5.74) is 6.22. The van der Waals surface area contributed by atoms with Crippen molar-refractivity contribution >= 4 is 23.2 Å². The van der Waals surface area contributed by atoms with E-state index in [1.165, 1.54) is 32.1 Å². The number of carbonyl (C=O) groups is 3. The van der Waals surface area contributed by atoms with Gasteiger partial charge in [0.25, 0.3) is 5.91 Å². The van der Waals surface area contributed by atoms with Crippen molar-refractivity contribution in [3.05, 3.63) is 52.9 Å². The minimum absolute atomic E-state index is 0.110. The van der Waals surface area contributed by atoms with Crippen LogP contribution < -0.4 is 11.1 Å². The van der Waals surface area contributed by atoms with Gasteiger partial charge in [-0.15, -0.1) is 0 Å². The quantitative estimate of drug-likeness (QED) is 0.241. The fourth-order valence-electron chi connectivity index (χ4n) is 3.58. The first-order chi connectivity index (χ1) is 14.5. The Hall–Kier alpha value is -2.89. The van der Waals surface area contributed by atoms with Crippen LogP contribution in [0.3, 0.4) is 0 Å². The summed E-state index contributed by atoms with van der Waals surface area (Å²) in [5, 5.41) is 13.5. The second-order valence-corrected chi connectivity index (χ2v) is 7.69. The summed E-state index contributed by atoms with van der Waals surface area (Å²) in [5.74, 6) is -2.22. The summed E-state index contributed by atoms with van der Waals surface area (Å²) < 4.78 is 0. The average Bonchev–Trinajstić information content (AvgIpc) is 2.73. The molecule has 0 fully saturated rings. The highest BCUT2D eigenvalue weighted by Gasteiger charge is 2.28. The van der Waals surface area contributed by atoms with Gasteiger partial charge in [-0.1, -0.05) is 70.4 Å². The lowest BCUT2D eigenvalue weighted by Crippen LogP contribution is -2.24. The van der Waals surface area contributed by atoms with Crippen molar-refractivity contribution in [1.82, 2.24) is 0 Å². The fourth-order valence-corrected chi connectivity index (χ4v) is 3.58. The molecule has 6 heteroatoms. The first kappa shape index (κ1) is 23.4. The molecule has 0 heterocycles. The number of para-hydroxylation sites is 1. The van der Waals surface area contributed by atoms with E-state index >= 15 is 0 Å². The monoisotopic (exact) mass is 412 g/mol. The second-order valence-electron chi connectivity index (χ2n) is 7.69. The lowest BCUT2D eigenvalue weighted by Gasteiger charge is -2.19. The number of unbranched alkanes of at least 4 members (excludes halogenated alkanes) is 8. The summed E-state index contributed by atoms with van der Waals surface area (Å²) in [6.07, 6.45) is 11.6. The van der Waals surface area contributed by atoms with Gasteiger partial charge in [0.1, 0.15) is 5.76 Å². The molecular formula is C24H32N2O4. The number of aliphatic hydroxyl groups is 1. The number of nitrogens with one attached hydrogen (secondary N) is 1. The predicted molar refractivity (Wildman–Crippen MR) is 118 cm³/mol. The maximum atomic E-state index is 12.3. The number of anilines is 1. The molecule has 0 atom stereocenters. The molecule has 1 amide bonds. The molecule has 162 valence electrons. The maximum absolute atomic E-state index is 12.3. The van der Waals surface area contributed by atoms with Crippen molar-refractivity contribution in [3.8, 4) is 0 Å². The van der Waals surface area contributed by atoms with Crippen molar-refractivity contribution in [2.24, 2.45) is 5.73 Å². The van der Waals surface area contributed by atoms with Gasteiger partial charge in [0, 0.05) is 11.6 Å². The molecule has 30 heavy (non-hydrogen) atoms. The number of amides is 1. The van der Waals surface area contributed by atoms with E-state index in [1.54, 1.807) is 24.3 Å². The van der Waals surface area contributed by atoms with Gasteiger partial charge in [0.2, 0.25) is 11.6 Å². The summed E-state index contributed by atoms with van der Waals surface area (Å²) in [6.45, 7) is 2.20. The number of allylic oxidation sites excluding steroid dienone is 2. The number of hydrogen-bond acceptors (Lipinski definition) is 5. The molecule has 0 saturated heterocycles.